The second-order valence-electron chi connectivity index (χ2n) is 4.40. The molecule has 0 N–H and O–H groups in total. The molecule has 1 rings (SSSR count). The van der Waals surface area contributed by atoms with Crippen LogP contribution in [0, 0.1) is 0 Å². The van der Waals surface area contributed by atoms with Crippen molar-refractivity contribution in [1.82, 2.24) is 4.90 Å². The van der Waals surface area contributed by atoms with Crippen LogP contribution < -0.4 is 0 Å². The van der Waals surface area contributed by atoms with Crippen molar-refractivity contribution < 1.29 is 9.47 Å². The van der Waals surface area contributed by atoms with E-state index in [1.165, 1.54) is 0 Å². The van der Waals surface area contributed by atoms with E-state index in [4.69, 9.17) is 9.47 Å². The van der Waals surface area contributed by atoms with Crippen molar-refractivity contribution in [3.05, 3.63) is 0 Å². The van der Waals surface area contributed by atoms with Crippen LogP contribution in [-0.2, 0) is 9.47 Å². The zero-order valence-corrected chi connectivity index (χ0v) is 11.7. The van der Waals surface area contributed by atoms with Gasteiger partial charge in [-0.05, 0) is 27.2 Å². The first kappa shape index (κ1) is 15.9. The minimum Gasteiger partial charge on any atom is -0.382 e. The van der Waals surface area contributed by atoms with Crippen LogP contribution in [0.3, 0.4) is 0 Å². The molecule has 1 heterocycles. The van der Waals surface area contributed by atoms with Gasteiger partial charge in [0.05, 0.1) is 13.2 Å². The monoisotopic (exact) mass is 231 g/mol. The maximum atomic E-state index is 5.47. The molecule has 0 aromatic heterocycles. The minimum atomic E-state index is 0.199. The molecule has 0 atom stereocenters. The standard InChI is InChI=1S/C11H23NO2.C2H6/c1-4-13-8-5-6-12-7-9-14-10-11(12,2)3;1-2/h4-10H2,1-3H3;1-2H3. The highest BCUT2D eigenvalue weighted by molar-refractivity contribution is 4.84. The number of morpholine rings is 1. The Labute approximate surface area is 101 Å². The van der Waals surface area contributed by atoms with Crippen LogP contribution in [0.2, 0.25) is 0 Å². The fraction of sp³-hybridized carbons (Fsp3) is 1.00. The first-order valence-electron chi connectivity index (χ1n) is 6.57. The number of rotatable bonds is 5. The molecule has 0 bridgehead atoms. The van der Waals surface area contributed by atoms with Crippen molar-refractivity contribution in [1.29, 1.82) is 0 Å². The summed E-state index contributed by atoms with van der Waals surface area (Å²) in [5.41, 5.74) is 0.199. The van der Waals surface area contributed by atoms with Crippen molar-refractivity contribution in [2.45, 2.75) is 46.6 Å². The van der Waals surface area contributed by atoms with Crippen LogP contribution in [0.15, 0.2) is 0 Å². The summed E-state index contributed by atoms with van der Waals surface area (Å²) >= 11 is 0. The van der Waals surface area contributed by atoms with Gasteiger partial charge in [-0.25, -0.2) is 0 Å². The van der Waals surface area contributed by atoms with E-state index < -0.39 is 0 Å². The van der Waals surface area contributed by atoms with Crippen LogP contribution in [0.25, 0.3) is 0 Å². The Morgan fingerprint density at radius 1 is 1.31 bits per heavy atom. The Morgan fingerprint density at radius 3 is 2.56 bits per heavy atom. The molecule has 1 saturated heterocycles. The summed E-state index contributed by atoms with van der Waals surface area (Å²) in [5, 5.41) is 0. The van der Waals surface area contributed by atoms with E-state index in [0.29, 0.717) is 0 Å². The lowest BCUT2D eigenvalue weighted by molar-refractivity contribution is -0.0534. The van der Waals surface area contributed by atoms with Crippen molar-refractivity contribution in [2.75, 3.05) is 39.5 Å². The van der Waals surface area contributed by atoms with Crippen LogP contribution in [0.4, 0.5) is 0 Å². The molecule has 0 saturated carbocycles. The predicted octanol–water partition coefficient (Wildman–Crippen LogP) is 2.55. The number of nitrogens with zero attached hydrogens (tertiary/aromatic N) is 1. The third-order valence-electron chi connectivity index (χ3n) is 2.74. The van der Waals surface area contributed by atoms with Crippen LogP contribution >= 0.6 is 0 Å². The maximum Gasteiger partial charge on any atom is 0.0645 e. The molecule has 0 radical (unpaired) electrons. The lowest BCUT2D eigenvalue weighted by atomic mass is 10.0. The average molecular weight is 231 g/mol. The van der Waals surface area contributed by atoms with Crippen LogP contribution in [0.5, 0.6) is 0 Å². The summed E-state index contributed by atoms with van der Waals surface area (Å²) in [6.07, 6.45) is 1.12. The van der Waals surface area contributed by atoms with E-state index in [9.17, 15) is 0 Å². The van der Waals surface area contributed by atoms with E-state index in [0.717, 1.165) is 45.9 Å². The smallest absolute Gasteiger partial charge is 0.0645 e. The molecule has 0 aliphatic carbocycles. The summed E-state index contributed by atoms with van der Waals surface area (Å²) in [6.45, 7) is 16.1. The van der Waals surface area contributed by atoms with Gasteiger partial charge in [0.25, 0.3) is 0 Å². The van der Waals surface area contributed by atoms with E-state index in [-0.39, 0.29) is 5.54 Å². The lowest BCUT2D eigenvalue weighted by Gasteiger charge is -2.42. The fourth-order valence-corrected chi connectivity index (χ4v) is 1.81. The van der Waals surface area contributed by atoms with Gasteiger partial charge in [0, 0.05) is 31.8 Å². The molecule has 0 aromatic rings. The maximum absolute atomic E-state index is 5.47. The van der Waals surface area contributed by atoms with Crippen LogP contribution in [-0.4, -0.2) is 50.0 Å². The Hall–Kier alpha value is -0.120. The molecule has 0 amide bonds. The van der Waals surface area contributed by atoms with Gasteiger partial charge in [-0.3, -0.25) is 4.90 Å². The molecule has 0 unspecified atom stereocenters. The van der Waals surface area contributed by atoms with Gasteiger partial charge < -0.3 is 9.47 Å². The molecular formula is C13H29NO2. The Balaban J connectivity index is 0.00000106. The van der Waals surface area contributed by atoms with E-state index in [2.05, 4.69) is 18.7 Å². The summed E-state index contributed by atoms with van der Waals surface area (Å²) in [6, 6.07) is 0. The van der Waals surface area contributed by atoms with E-state index in [1.807, 2.05) is 20.8 Å². The molecule has 1 aliphatic rings. The molecule has 0 spiro atoms. The summed E-state index contributed by atoms with van der Waals surface area (Å²) in [5.74, 6) is 0. The predicted molar refractivity (Wildman–Crippen MR) is 68.9 cm³/mol. The SMILES string of the molecule is CC.CCOCCCN1CCOCC1(C)C. The first-order valence-corrected chi connectivity index (χ1v) is 6.57. The molecule has 16 heavy (non-hydrogen) atoms. The van der Waals surface area contributed by atoms with Gasteiger partial charge >= 0.3 is 0 Å². The number of hydrogen-bond donors (Lipinski definition) is 0. The van der Waals surface area contributed by atoms with Crippen LogP contribution in [0.1, 0.15) is 41.0 Å². The molecule has 98 valence electrons. The molecule has 3 nitrogen and oxygen atoms in total. The van der Waals surface area contributed by atoms with E-state index in [1.54, 1.807) is 0 Å². The van der Waals surface area contributed by atoms with Gasteiger partial charge in [0.15, 0.2) is 0 Å². The van der Waals surface area contributed by atoms with Crippen molar-refractivity contribution >= 4 is 0 Å². The Morgan fingerprint density at radius 2 is 2.00 bits per heavy atom. The highest BCUT2D eigenvalue weighted by Gasteiger charge is 2.29. The highest BCUT2D eigenvalue weighted by atomic mass is 16.5. The zero-order valence-electron chi connectivity index (χ0n) is 11.7. The Kier molecular flexibility index (Phi) is 8.90. The first-order chi connectivity index (χ1) is 7.67. The molecule has 3 heteroatoms. The summed E-state index contributed by atoms with van der Waals surface area (Å²) < 4.78 is 10.8. The molecule has 1 fully saturated rings. The summed E-state index contributed by atoms with van der Waals surface area (Å²) in [7, 11) is 0. The number of ether oxygens (including phenoxy) is 2. The van der Waals surface area contributed by atoms with Crippen molar-refractivity contribution in [3.63, 3.8) is 0 Å². The van der Waals surface area contributed by atoms with Crippen molar-refractivity contribution in [2.24, 2.45) is 0 Å². The van der Waals surface area contributed by atoms with Gasteiger partial charge in [-0.1, -0.05) is 13.8 Å². The van der Waals surface area contributed by atoms with Gasteiger partial charge in [-0.15, -0.1) is 0 Å². The second kappa shape index (κ2) is 8.97. The molecular weight excluding hydrogens is 202 g/mol. The number of hydrogen-bond acceptors (Lipinski definition) is 3. The third kappa shape index (κ3) is 5.83. The van der Waals surface area contributed by atoms with Crippen molar-refractivity contribution in [3.8, 4) is 0 Å². The highest BCUT2D eigenvalue weighted by Crippen LogP contribution is 2.18. The third-order valence-corrected chi connectivity index (χ3v) is 2.74. The van der Waals surface area contributed by atoms with Gasteiger partial charge in [0.2, 0.25) is 0 Å². The second-order valence-corrected chi connectivity index (χ2v) is 4.40. The molecule has 0 aromatic carbocycles. The minimum absolute atomic E-state index is 0.199. The van der Waals surface area contributed by atoms with Gasteiger partial charge in [-0.2, -0.15) is 0 Å². The normalized spacial score (nSPS) is 20.1. The quantitative estimate of drug-likeness (QED) is 0.679. The topological polar surface area (TPSA) is 21.7 Å². The fourth-order valence-electron chi connectivity index (χ4n) is 1.81. The molecule has 1 aliphatic heterocycles. The zero-order chi connectivity index (χ0) is 12.4. The largest absolute Gasteiger partial charge is 0.382 e. The van der Waals surface area contributed by atoms with Gasteiger partial charge in [0.1, 0.15) is 0 Å². The summed E-state index contributed by atoms with van der Waals surface area (Å²) in [4.78, 5) is 2.50. The van der Waals surface area contributed by atoms with E-state index >= 15 is 0 Å². The Bertz CT molecular complexity index is 160. The average Bonchev–Trinajstić information content (AvgIpc) is 2.29. The lowest BCUT2D eigenvalue weighted by Crippen LogP contribution is -2.53.